The molecular weight excluding hydrogens is 450 g/mol. The van der Waals surface area contributed by atoms with Crippen LogP contribution in [0.4, 0.5) is 5.69 Å². The van der Waals surface area contributed by atoms with Crippen molar-refractivity contribution in [3.63, 3.8) is 0 Å². The van der Waals surface area contributed by atoms with Crippen LogP contribution in [0.1, 0.15) is 18.9 Å². The highest BCUT2D eigenvalue weighted by atomic mass is 32.2. The second kappa shape index (κ2) is 11.1. The van der Waals surface area contributed by atoms with Crippen molar-refractivity contribution >= 4 is 32.4 Å². The first-order chi connectivity index (χ1) is 16.4. The quantitative estimate of drug-likeness (QED) is 0.504. The third-order valence-electron chi connectivity index (χ3n) is 6.02. The van der Waals surface area contributed by atoms with Crippen LogP contribution in [-0.2, 0) is 26.1 Å². The highest BCUT2D eigenvalue weighted by molar-refractivity contribution is 7.89. The number of nitrogens with zero attached hydrogens (tertiary/aromatic N) is 2. The molecule has 1 N–H and O–H groups in total. The number of hydrogen-bond donors (Lipinski definition) is 1. The van der Waals surface area contributed by atoms with Crippen LogP contribution in [0.5, 0.6) is 0 Å². The highest BCUT2D eigenvalue weighted by Crippen LogP contribution is 2.25. The molecule has 0 bridgehead atoms. The van der Waals surface area contributed by atoms with Gasteiger partial charge in [0.15, 0.2) is 0 Å². The predicted octanol–water partition coefficient (Wildman–Crippen LogP) is 3.71. The monoisotopic (exact) mass is 481 g/mol. The molecule has 1 heterocycles. The summed E-state index contributed by atoms with van der Waals surface area (Å²) in [6.45, 7) is 6.15. The van der Waals surface area contributed by atoms with Crippen LogP contribution in [0.15, 0.2) is 71.6 Å². The van der Waals surface area contributed by atoms with Gasteiger partial charge in [0, 0.05) is 38.8 Å². The van der Waals surface area contributed by atoms with E-state index in [9.17, 15) is 13.2 Å². The topological polar surface area (TPSA) is 79.0 Å². The molecule has 0 aromatic heterocycles. The molecular formula is C26H31N3O4S. The molecule has 1 amide bonds. The maximum absolute atomic E-state index is 13.7. The number of anilines is 1. The molecule has 4 rings (SSSR count). The summed E-state index contributed by atoms with van der Waals surface area (Å²) in [5.41, 5.74) is 1.54. The van der Waals surface area contributed by atoms with Gasteiger partial charge in [0.05, 0.1) is 18.1 Å². The number of carbonyl (C=O) groups is 1. The van der Waals surface area contributed by atoms with Crippen molar-refractivity contribution < 1.29 is 17.9 Å². The fourth-order valence-corrected chi connectivity index (χ4v) is 5.72. The maximum atomic E-state index is 13.7. The molecule has 0 saturated carbocycles. The van der Waals surface area contributed by atoms with E-state index in [0.717, 1.165) is 55.6 Å². The third-order valence-corrected chi connectivity index (χ3v) is 7.88. The second-order valence-electron chi connectivity index (χ2n) is 8.49. The number of fused-ring (bicyclic) bond motifs is 1. The van der Waals surface area contributed by atoms with Crippen molar-refractivity contribution in [3.05, 3.63) is 72.3 Å². The summed E-state index contributed by atoms with van der Waals surface area (Å²) in [7, 11) is -3.74. The third kappa shape index (κ3) is 6.01. The number of hydrogen-bond acceptors (Lipinski definition) is 5. The molecule has 1 saturated heterocycles. The highest BCUT2D eigenvalue weighted by Gasteiger charge is 2.25. The minimum Gasteiger partial charge on any atom is -0.379 e. The minimum absolute atomic E-state index is 0.198. The van der Waals surface area contributed by atoms with E-state index in [1.54, 1.807) is 28.6 Å². The van der Waals surface area contributed by atoms with Gasteiger partial charge in [-0.2, -0.15) is 4.31 Å². The predicted molar refractivity (Wildman–Crippen MR) is 134 cm³/mol. The van der Waals surface area contributed by atoms with E-state index < -0.39 is 10.0 Å². The summed E-state index contributed by atoms with van der Waals surface area (Å²) in [5.74, 6) is -0.198. The molecule has 8 heteroatoms. The van der Waals surface area contributed by atoms with E-state index in [4.69, 9.17) is 4.74 Å². The van der Waals surface area contributed by atoms with Gasteiger partial charge in [-0.05, 0) is 53.6 Å². The van der Waals surface area contributed by atoms with Gasteiger partial charge in [-0.1, -0.05) is 42.5 Å². The zero-order chi connectivity index (χ0) is 24.0. The van der Waals surface area contributed by atoms with Crippen molar-refractivity contribution in [2.45, 2.75) is 24.8 Å². The number of benzene rings is 3. The van der Waals surface area contributed by atoms with Gasteiger partial charge in [-0.3, -0.25) is 9.69 Å². The van der Waals surface area contributed by atoms with E-state index in [-0.39, 0.29) is 10.8 Å². The molecule has 180 valence electrons. The summed E-state index contributed by atoms with van der Waals surface area (Å²) >= 11 is 0. The van der Waals surface area contributed by atoms with Gasteiger partial charge >= 0.3 is 0 Å². The van der Waals surface area contributed by atoms with Gasteiger partial charge in [0.1, 0.15) is 0 Å². The van der Waals surface area contributed by atoms with Crippen LogP contribution in [0.25, 0.3) is 10.8 Å². The van der Waals surface area contributed by atoms with Crippen molar-refractivity contribution in [2.75, 3.05) is 44.7 Å². The SMILES string of the molecule is CC(=O)Nc1ccc(S(=O)(=O)N(CCCN2CCOCC2)Cc2cccc3ccccc23)cc1. The fraction of sp³-hybridized carbons (Fsp3) is 0.346. The average molecular weight is 482 g/mol. The fourth-order valence-electron chi connectivity index (χ4n) is 4.26. The zero-order valence-electron chi connectivity index (χ0n) is 19.4. The standard InChI is InChI=1S/C26H31N3O4S/c1-21(30)27-24-10-12-25(13-11-24)34(31,32)29(15-5-14-28-16-18-33-19-17-28)20-23-8-4-7-22-6-2-3-9-26(22)23/h2-4,6-13H,5,14-20H2,1H3,(H,27,30). The second-order valence-corrected chi connectivity index (χ2v) is 10.4. The lowest BCUT2D eigenvalue weighted by Gasteiger charge is -2.28. The van der Waals surface area contributed by atoms with Crippen LogP contribution >= 0.6 is 0 Å². The molecule has 1 aliphatic heterocycles. The first-order valence-corrected chi connectivity index (χ1v) is 13.0. The van der Waals surface area contributed by atoms with E-state index in [1.165, 1.54) is 6.92 Å². The molecule has 34 heavy (non-hydrogen) atoms. The average Bonchev–Trinajstić information content (AvgIpc) is 2.84. The number of nitrogens with one attached hydrogen (secondary N) is 1. The summed E-state index contributed by atoms with van der Waals surface area (Å²) in [6, 6.07) is 20.4. The largest absolute Gasteiger partial charge is 0.379 e. The van der Waals surface area contributed by atoms with Gasteiger partial charge in [-0.25, -0.2) is 8.42 Å². The molecule has 3 aromatic carbocycles. The number of morpholine rings is 1. The number of ether oxygens (including phenoxy) is 1. The number of amides is 1. The molecule has 1 aliphatic rings. The minimum atomic E-state index is -3.74. The van der Waals surface area contributed by atoms with Crippen LogP contribution in [-0.4, -0.2) is 62.9 Å². The van der Waals surface area contributed by atoms with Crippen LogP contribution < -0.4 is 5.32 Å². The molecule has 0 unspecified atom stereocenters. The van der Waals surface area contributed by atoms with Crippen molar-refractivity contribution in [3.8, 4) is 0 Å². The molecule has 1 fully saturated rings. The Morgan fingerprint density at radius 3 is 2.44 bits per heavy atom. The van der Waals surface area contributed by atoms with Gasteiger partial charge in [-0.15, -0.1) is 0 Å². The van der Waals surface area contributed by atoms with Crippen LogP contribution in [0.2, 0.25) is 0 Å². The normalized spacial score (nSPS) is 15.0. The molecule has 0 radical (unpaired) electrons. The van der Waals surface area contributed by atoms with E-state index in [0.29, 0.717) is 18.8 Å². The molecule has 0 spiro atoms. The number of carbonyl (C=O) groups excluding carboxylic acids is 1. The van der Waals surface area contributed by atoms with Crippen LogP contribution in [0, 0.1) is 0 Å². The maximum Gasteiger partial charge on any atom is 0.243 e. The Bertz CT molecular complexity index is 1220. The number of rotatable bonds is 9. The van der Waals surface area contributed by atoms with Crippen LogP contribution in [0.3, 0.4) is 0 Å². The van der Waals surface area contributed by atoms with Gasteiger partial charge in [0.25, 0.3) is 0 Å². The summed E-state index contributed by atoms with van der Waals surface area (Å²) < 4.78 is 34.4. The lowest BCUT2D eigenvalue weighted by Crippen LogP contribution is -2.39. The summed E-state index contributed by atoms with van der Waals surface area (Å²) in [6.07, 6.45) is 0.730. The smallest absolute Gasteiger partial charge is 0.243 e. The van der Waals surface area contributed by atoms with E-state index >= 15 is 0 Å². The lowest BCUT2D eigenvalue weighted by molar-refractivity contribution is -0.114. The Kier molecular flexibility index (Phi) is 7.95. The Morgan fingerprint density at radius 2 is 1.71 bits per heavy atom. The summed E-state index contributed by atoms with van der Waals surface area (Å²) in [5, 5.41) is 4.82. The van der Waals surface area contributed by atoms with Crippen molar-refractivity contribution in [2.24, 2.45) is 0 Å². The first-order valence-electron chi connectivity index (χ1n) is 11.6. The Morgan fingerprint density at radius 1 is 1.00 bits per heavy atom. The molecule has 0 atom stereocenters. The van der Waals surface area contributed by atoms with E-state index in [2.05, 4.69) is 10.2 Å². The molecule has 7 nitrogen and oxygen atoms in total. The Hall–Kier alpha value is -2.78. The van der Waals surface area contributed by atoms with Gasteiger partial charge in [0.2, 0.25) is 15.9 Å². The zero-order valence-corrected chi connectivity index (χ0v) is 20.3. The van der Waals surface area contributed by atoms with Crippen molar-refractivity contribution in [1.82, 2.24) is 9.21 Å². The summed E-state index contributed by atoms with van der Waals surface area (Å²) in [4.78, 5) is 13.8. The molecule has 0 aliphatic carbocycles. The Balaban J connectivity index is 1.58. The lowest BCUT2D eigenvalue weighted by atomic mass is 10.0. The first kappa shape index (κ1) is 24.3. The van der Waals surface area contributed by atoms with Gasteiger partial charge < -0.3 is 10.1 Å². The number of sulfonamides is 1. The molecule has 3 aromatic rings. The van der Waals surface area contributed by atoms with E-state index in [1.807, 2.05) is 42.5 Å². The van der Waals surface area contributed by atoms with Crippen molar-refractivity contribution in [1.29, 1.82) is 0 Å². The Labute approximate surface area is 201 Å².